The van der Waals surface area contributed by atoms with Gasteiger partial charge in [-0.15, -0.1) is 0 Å². The van der Waals surface area contributed by atoms with E-state index in [0.717, 1.165) is 42.8 Å². The Labute approximate surface area is 165 Å². The second-order valence-electron chi connectivity index (χ2n) is 8.23. The van der Waals surface area contributed by atoms with Crippen LogP contribution in [0.15, 0.2) is 42.6 Å². The molecule has 1 aliphatic carbocycles. The Bertz CT molecular complexity index is 910. The number of rotatable bonds is 5. The summed E-state index contributed by atoms with van der Waals surface area (Å²) in [6.07, 6.45) is 11.3. The number of hydrogen-bond donors (Lipinski definition) is 2. The molecule has 144 valence electrons. The maximum absolute atomic E-state index is 12.0. The topological polar surface area (TPSA) is 71.2 Å². The molecule has 0 saturated carbocycles. The monoisotopic (exact) mass is 374 g/mol. The van der Waals surface area contributed by atoms with Crippen LogP contribution < -0.4 is 11.1 Å². The Balaban J connectivity index is 1.35. The predicted molar refractivity (Wildman–Crippen MR) is 111 cm³/mol. The van der Waals surface area contributed by atoms with Gasteiger partial charge in [-0.1, -0.05) is 42.5 Å². The number of nitrogens with one attached hydrogen (secondary N) is 1. The maximum Gasteiger partial charge on any atom is 0.252 e. The second kappa shape index (κ2) is 7.06. The summed E-state index contributed by atoms with van der Waals surface area (Å²) in [5.41, 5.74) is 10.5. The lowest BCUT2D eigenvalue weighted by molar-refractivity contribution is 0.100. The number of carbonyl (C=O) groups is 1. The molecule has 3 aliphatic rings. The van der Waals surface area contributed by atoms with Gasteiger partial charge in [0.25, 0.3) is 5.91 Å². The number of nitrogens with zero attached hydrogens (tertiary/aromatic N) is 2. The van der Waals surface area contributed by atoms with E-state index in [-0.39, 0.29) is 0 Å². The van der Waals surface area contributed by atoms with Crippen molar-refractivity contribution in [3.63, 3.8) is 0 Å². The highest BCUT2D eigenvalue weighted by molar-refractivity contribution is 6.00. The molecule has 3 N–H and O–H groups in total. The highest BCUT2D eigenvalue weighted by atomic mass is 16.1. The summed E-state index contributed by atoms with van der Waals surface area (Å²) in [6, 6.07) is 12.3. The highest BCUT2D eigenvalue weighted by Gasteiger charge is 2.40. The molecule has 5 nitrogen and oxygen atoms in total. The first-order chi connectivity index (χ1) is 13.7. The van der Waals surface area contributed by atoms with Crippen LogP contribution in [0, 0.1) is 0 Å². The molecule has 2 aliphatic heterocycles. The van der Waals surface area contributed by atoms with E-state index in [2.05, 4.69) is 57.7 Å². The molecule has 3 heterocycles. The quantitative estimate of drug-likeness (QED) is 0.842. The number of pyridine rings is 1. The molecule has 1 aromatic carbocycles. The van der Waals surface area contributed by atoms with Gasteiger partial charge in [-0.25, -0.2) is 0 Å². The lowest BCUT2D eigenvalue weighted by atomic mass is 9.95. The first kappa shape index (κ1) is 17.4. The summed E-state index contributed by atoms with van der Waals surface area (Å²) in [7, 11) is 0. The van der Waals surface area contributed by atoms with Crippen LogP contribution in [-0.4, -0.2) is 33.9 Å². The molecule has 0 spiro atoms. The first-order valence-electron chi connectivity index (χ1n) is 10.2. The molecule has 2 aromatic rings. The molecule has 2 bridgehead atoms. The number of amides is 1. The third-order valence-corrected chi connectivity index (χ3v) is 6.50. The van der Waals surface area contributed by atoms with Gasteiger partial charge in [0.1, 0.15) is 0 Å². The van der Waals surface area contributed by atoms with Gasteiger partial charge >= 0.3 is 0 Å². The fourth-order valence-corrected chi connectivity index (χ4v) is 5.19. The van der Waals surface area contributed by atoms with Gasteiger partial charge < -0.3 is 11.1 Å². The first-order valence-corrected chi connectivity index (χ1v) is 10.2. The largest absolute Gasteiger partial charge is 0.381 e. The summed E-state index contributed by atoms with van der Waals surface area (Å²) >= 11 is 0. The minimum atomic E-state index is -0.414. The van der Waals surface area contributed by atoms with Crippen LogP contribution in [0.3, 0.4) is 0 Å². The number of nitrogens with two attached hydrogens (primary N) is 1. The van der Waals surface area contributed by atoms with Crippen molar-refractivity contribution in [2.75, 3.05) is 5.32 Å². The predicted octanol–water partition coefficient (Wildman–Crippen LogP) is 3.36. The van der Waals surface area contributed by atoms with Crippen LogP contribution in [-0.2, 0) is 13.0 Å². The molecule has 2 saturated heterocycles. The third-order valence-electron chi connectivity index (χ3n) is 6.50. The standard InChI is InChI=1S/C23H26N4O/c24-23(28)20-13-25-21-8-4-7-19(21)22(20)26-16-11-17-9-10-18(12-16)27(17)14-15-5-2-1-3-6-15/h1-7,13,16-18H,8-12,14H2,(H2,24,28)(H,25,26)/t16?,17-,18+. The summed E-state index contributed by atoms with van der Waals surface area (Å²) in [6.45, 7) is 1.03. The summed E-state index contributed by atoms with van der Waals surface area (Å²) < 4.78 is 0. The Hall–Kier alpha value is -2.66. The number of carbonyl (C=O) groups excluding carboxylic acids is 1. The van der Waals surface area contributed by atoms with E-state index in [9.17, 15) is 4.79 Å². The Kier molecular flexibility index (Phi) is 4.40. The van der Waals surface area contributed by atoms with Gasteiger partial charge in [0, 0.05) is 42.9 Å². The molecule has 28 heavy (non-hydrogen) atoms. The minimum Gasteiger partial charge on any atom is -0.381 e. The fraction of sp³-hybridized carbons (Fsp3) is 0.391. The number of piperidine rings is 1. The summed E-state index contributed by atoms with van der Waals surface area (Å²) in [4.78, 5) is 19.1. The molecule has 5 heteroatoms. The number of aromatic nitrogens is 1. The smallest absolute Gasteiger partial charge is 0.252 e. The van der Waals surface area contributed by atoms with Gasteiger partial charge in [0.05, 0.1) is 16.9 Å². The van der Waals surface area contributed by atoms with Gasteiger partial charge in [-0.2, -0.15) is 0 Å². The van der Waals surface area contributed by atoms with Crippen LogP contribution in [0.25, 0.3) is 6.08 Å². The van der Waals surface area contributed by atoms with Gasteiger partial charge in [-0.3, -0.25) is 14.7 Å². The van der Waals surface area contributed by atoms with E-state index in [1.54, 1.807) is 6.20 Å². The lowest BCUT2D eigenvalue weighted by Crippen LogP contribution is -2.46. The number of allylic oxidation sites excluding steroid dienone is 1. The zero-order valence-electron chi connectivity index (χ0n) is 16.0. The number of benzene rings is 1. The number of hydrogen-bond acceptors (Lipinski definition) is 4. The van der Waals surface area contributed by atoms with Crippen molar-refractivity contribution in [1.82, 2.24) is 9.88 Å². The Morgan fingerprint density at radius 1 is 1.18 bits per heavy atom. The number of fused-ring (bicyclic) bond motifs is 3. The normalized spacial score (nSPS) is 25.6. The molecular weight excluding hydrogens is 348 g/mol. The van der Waals surface area contributed by atoms with Crippen molar-refractivity contribution >= 4 is 17.7 Å². The molecular formula is C23H26N4O. The zero-order chi connectivity index (χ0) is 19.1. The van der Waals surface area contributed by atoms with Crippen LogP contribution in [0.4, 0.5) is 5.69 Å². The third kappa shape index (κ3) is 3.10. The van der Waals surface area contributed by atoms with Crippen molar-refractivity contribution in [3.05, 3.63) is 65.0 Å². The van der Waals surface area contributed by atoms with Crippen LogP contribution >= 0.6 is 0 Å². The van der Waals surface area contributed by atoms with Crippen molar-refractivity contribution in [3.8, 4) is 0 Å². The number of primary amides is 1. The van der Waals surface area contributed by atoms with Gasteiger partial charge in [0.2, 0.25) is 0 Å². The fourth-order valence-electron chi connectivity index (χ4n) is 5.19. The van der Waals surface area contributed by atoms with Crippen LogP contribution in [0.5, 0.6) is 0 Å². The SMILES string of the molecule is NC(=O)c1cnc2c(c1NC1C[C@H]3CC[C@@H](C1)N3Cc1ccccc1)C=CC2. The maximum atomic E-state index is 12.0. The van der Waals surface area contributed by atoms with E-state index >= 15 is 0 Å². The van der Waals surface area contributed by atoms with Crippen molar-refractivity contribution in [1.29, 1.82) is 0 Å². The van der Waals surface area contributed by atoms with Gasteiger partial charge in [-0.05, 0) is 31.2 Å². The van der Waals surface area contributed by atoms with E-state index in [1.807, 2.05) is 0 Å². The van der Waals surface area contributed by atoms with Crippen molar-refractivity contribution in [2.45, 2.75) is 56.8 Å². The molecule has 1 aromatic heterocycles. The Morgan fingerprint density at radius 2 is 1.93 bits per heavy atom. The minimum absolute atomic E-state index is 0.364. The number of anilines is 1. The zero-order valence-corrected chi connectivity index (χ0v) is 16.0. The average Bonchev–Trinajstić information content (AvgIpc) is 3.25. The van der Waals surface area contributed by atoms with Crippen molar-refractivity contribution in [2.24, 2.45) is 5.73 Å². The highest BCUT2D eigenvalue weighted by Crippen LogP contribution is 2.39. The molecule has 5 rings (SSSR count). The van der Waals surface area contributed by atoms with Crippen LogP contribution in [0.2, 0.25) is 0 Å². The Morgan fingerprint density at radius 3 is 2.64 bits per heavy atom. The van der Waals surface area contributed by atoms with E-state index in [1.165, 1.54) is 18.4 Å². The molecule has 0 radical (unpaired) electrons. The van der Waals surface area contributed by atoms with E-state index in [4.69, 9.17) is 5.73 Å². The molecule has 1 unspecified atom stereocenters. The van der Waals surface area contributed by atoms with Crippen molar-refractivity contribution < 1.29 is 4.79 Å². The van der Waals surface area contributed by atoms with Gasteiger partial charge in [0.15, 0.2) is 0 Å². The molecule has 2 fully saturated rings. The average molecular weight is 374 g/mol. The summed E-state index contributed by atoms with van der Waals surface area (Å²) in [5, 5.41) is 3.70. The van der Waals surface area contributed by atoms with E-state index in [0.29, 0.717) is 23.7 Å². The van der Waals surface area contributed by atoms with Crippen LogP contribution in [0.1, 0.15) is 52.9 Å². The molecule has 3 atom stereocenters. The lowest BCUT2D eigenvalue weighted by Gasteiger charge is -2.40. The van der Waals surface area contributed by atoms with E-state index < -0.39 is 5.91 Å². The summed E-state index contributed by atoms with van der Waals surface area (Å²) in [5.74, 6) is -0.414. The molecule has 1 amide bonds. The second-order valence-corrected chi connectivity index (χ2v) is 8.23.